The molecule has 2 rings (SSSR count). The fourth-order valence-corrected chi connectivity index (χ4v) is 3.44. The van der Waals surface area contributed by atoms with E-state index in [0.29, 0.717) is 6.04 Å². The Balaban J connectivity index is 2.04. The van der Waals surface area contributed by atoms with Gasteiger partial charge >= 0.3 is 0 Å². The Kier molecular flexibility index (Phi) is 5.00. The van der Waals surface area contributed by atoms with Gasteiger partial charge in [-0.05, 0) is 65.6 Å². The molecule has 0 saturated heterocycles. The standard InChI is InChI=1S/C14H16INS/c1-16-14(9-8-11-5-4-10-17-11)12-6-2-3-7-13(12)15/h2-7,10,14,16H,8-9H2,1H3. The van der Waals surface area contributed by atoms with Crippen LogP contribution < -0.4 is 5.32 Å². The molecule has 0 aliphatic rings. The van der Waals surface area contributed by atoms with Crippen molar-refractivity contribution >= 4 is 33.9 Å². The Labute approximate surface area is 120 Å². The van der Waals surface area contributed by atoms with Gasteiger partial charge in [0, 0.05) is 14.5 Å². The molecule has 0 saturated carbocycles. The minimum atomic E-state index is 0.449. The second kappa shape index (κ2) is 6.52. The van der Waals surface area contributed by atoms with Crippen molar-refractivity contribution in [3.05, 3.63) is 55.8 Å². The van der Waals surface area contributed by atoms with Crippen LogP contribution >= 0.6 is 33.9 Å². The molecule has 3 heteroatoms. The highest BCUT2D eigenvalue weighted by Crippen LogP contribution is 2.24. The fourth-order valence-electron chi connectivity index (χ4n) is 1.95. The molecule has 0 radical (unpaired) electrons. The molecule has 1 N–H and O–H groups in total. The Morgan fingerprint density at radius 1 is 1.24 bits per heavy atom. The lowest BCUT2D eigenvalue weighted by Crippen LogP contribution is -2.18. The molecule has 1 heterocycles. The van der Waals surface area contributed by atoms with Crippen molar-refractivity contribution in [1.29, 1.82) is 0 Å². The van der Waals surface area contributed by atoms with Crippen molar-refractivity contribution < 1.29 is 0 Å². The molecule has 0 aliphatic heterocycles. The quantitative estimate of drug-likeness (QED) is 0.789. The number of rotatable bonds is 5. The average molecular weight is 357 g/mol. The molecule has 0 fully saturated rings. The zero-order valence-electron chi connectivity index (χ0n) is 9.82. The van der Waals surface area contributed by atoms with E-state index < -0.39 is 0 Å². The van der Waals surface area contributed by atoms with Gasteiger partial charge in [-0.2, -0.15) is 0 Å². The van der Waals surface area contributed by atoms with E-state index in [2.05, 4.69) is 69.7 Å². The van der Waals surface area contributed by atoms with Crippen molar-refractivity contribution in [2.75, 3.05) is 7.05 Å². The molecule has 1 aromatic carbocycles. The third-order valence-corrected chi connectivity index (χ3v) is 4.81. The Hall–Kier alpha value is -0.390. The predicted octanol–water partition coefficient (Wildman–Crippen LogP) is 4.25. The predicted molar refractivity (Wildman–Crippen MR) is 83.6 cm³/mol. The molecule has 0 spiro atoms. The summed E-state index contributed by atoms with van der Waals surface area (Å²) in [6.07, 6.45) is 2.30. The van der Waals surface area contributed by atoms with Gasteiger partial charge in [-0.15, -0.1) is 11.3 Å². The molecular formula is C14H16INS. The first-order valence-electron chi connectivity index (χ1n) is 5.75. The zero-order valence-corrected chi connectivity index (χ0v) is 12.8. The first-order chi connectivity index (χ1) is 8.31. The van der Waals surface area contributed by atoms with E-state index in [9.17, 15) is 0 Å². The summed E-state index contributed by atoms with van der Waals surface area (Å²) in [5, 5.41) is 5.57. The van der Waals surface area contributed by atoms with Crippen LogP contribution in [0.4, 0.5) is 0 Å². The van der Waals surface area contributed by atoms with Gasteiger partial charge in [0.05, 0.1) is 0 Å². The molecule has 1 atom stereocenters. The number of halogens is 1. The summed E-state index contributed by atoms with van der Waals surface area (Å²) in [5.41, 5.74) is 1.41. The number of hydrogen-bond acceptors (Lipinski definition) is 2. The van der Waals surface area contributed by atoms with E-state index in [1.807, 2.05) is 18.4 Å². The van der Waals surface area contributed by atoms with E-state index in [1.165, 1.54) is 14.0 Å². The van der Waals surface area contributed by atoms with Crippen molar-refractivity contribution in [3.63, 3.8) is 0 Å². The Bertz CT molecular complexity index is 453. The van der Waals surface area contributed by atoms with Gasteiger partial charge in [0.15, 0.2) is 0 Å². The maximum Gasteiger partial charge on any atom is 0.0331 e. The Morgan fingerprint density at radius 2 is 2.06 bits per heavy atom. The number of nitrogens with one attached hydrogen (secondary N) is 1. The van der Waals surface area contributed by atoms with Gasteiger partial charge in [-0.25, -0.2) is 0 Å². The third kappa shape index (κ3) is 3.53. The van der Waals surface area contributed by atoms with Crippen molar-refractivity contribution in [2.45, 2.75) is 18.9 Å². The highest BCUT2D eigenvalue weighted by Gasteiger charge is 2.12. The lowest BCUT2D eigenvalue weighted by Gasteiger charge is -2.17. The molecule has 1 nitrogen and oxygen atoms in total. The minimum absolute atomic E-state index is 0.449. The molecule has 17 heavy (non-hydrogen) atoms. The van der Waals surface area contributed by atoms with Crippen LogP contribution in [0.25, 0.3) is 0 Å². The molecule has 1 unspecified atom stereocenters. The van der Waals surface area contributed by atoms with Crippen molar-refractivity contribution in [2.24, 2.45) is 0 Å². The number of thiophene rings is 1. The lowest BCUT2D eigenvalue weighted by molar-refractivity contribution is 0.549. The average Bonchev–Trinajstić information content (AvgIpc) is 2.85. The van der Waals surface area contributed by atoms with Crippen LogP contribution in [-0.2, 0) is 6.42 Å². The normalized spacial score (nSPS) is 12.6. The summed E-state index contributed by atoms with van der Waals surface area (Å²) in [5.74, 6) is 0. The van der Waals surface area contributed by atoms with Crippen LogP contribution in [0.2, 0.25) is 0 Å². The Morgan fingerprint density at radius 3 is 2.71 bits per heavy atom. The van der Waals surface area contributed by atoms with Crippen molar-refractivity contribution in [1.82, 2.24) is 5.32 Å². The van der Waals surface area contributed by atoms with Gasteiger partial charge in [0.25, 0.3) is 0 Å². The van der Waals surface area contributed by atoms with Crippen LogP contribution in [0.15, 0.2) is 41.8 Å². The summed E-state index contributed by atoms with van der Waals surface area (Å²) in [7, 11) is 2.04. The van der Waals surface area contributed by atoms with E-state index in [1.54, 1.807) is 0 Å². The highest BCUT2D eigenvalue weighted by atomic mass is 127. The second-order valence-corrected chi connectivity index (χ2v) is 6.18. The molecule has 0 amide bonds. The maximum absolute atomic E-state index is 3.42. The van der Waals surface area contributed by atoms with Crippen LogP contribution in [0.5, 0.6) is 0 Å². The molecular weight excluding hydrogens is 341 g/mol. The van der Waals surface area contributed by atoms with E-state index in [4.69, 9.17) is 0 Å². The monoisotopic (exact) mass is 357 g/mol. The zero-order chi connectivity index (χ0) is 12.1. The summed E-state index contributed by atoms with van der Waals surface area (Å²) in [6, 6.07) is 13.4. The van der Waals surface area contributed by atoms with Crippen LogP contribution in [0.3, 0.4) is 0 Å². The minimum Gasteiger partial charge on any atom is -0.313 e. The first kappa shape index (κ1) is 13.1. The smallest absolute Gasteiger partial charge is 0.0331 e. The SMILES string of the molecule is CNC(CCc1cccs1)c1ccccc1I. The summed E-state index contributed by atoms with van der Waals surface area (Å²) in [6.45, 7) is 0. The van der Waals surface area contributed by atoms with Gasteiger partial charge in [-0.3, -0.25) is 0 Å². The van der Waals surface area contributed by atoms with Crippen LogP contribution in [0, 0.1) is 3.57 Å². The summed E-state index contributed by atoms with van der Waals surface area (Å²) < 4.78 is 1.34. The van der Waals surface area contributed by atoms with E-state index in [0.717, 1.165) is 12.8 Å². The highest BCUT2D eigenvalue weighted by molar-refractivity contribution is 14.1. The first-order valence-corrected chi connectivity index (χ1v) is 7.71. The summed E-state index contributed by atoms with van der Waals surface area (Å²) >= 11 is 4.26. The van der Waals surface area contributed by atoms with Crippen LogP contribution in [-0.4, -0.2) is 7.05 Å². The largest absolute Gasteiger partial charge is 0.313 e. The van der Waals surface area contributed by atoms with Gasteiger partial charge in [-0.1, -0.05) is 24.3 Å². The van der Waals surface area contributed by atoms with E-state index >= 15 is 0 Å². The van der Waals surface area contributed by atoms with Gasteiger partial charge < -0.3 is 5.32 Å². The molecule has 0 bridgehead atoms. The van der Waals surface area contributed by atoms with E-state index in [-0.39, 0.29) is 0 Å². The molecule has 2 aromatic rings. The lowest BCUT2D eigenvalue weighted by atomic mass is 10.0. The topological polar surface area (TPSA) is 12.0 Å². The van der Waals surface area contributed by atoms with Gasteiger partial charge in [0.2, 0.25) is 0 Å². The number of benzene rings is 1. The van der Waals surface area contributed by atoms with Gasteiger partial charge in [0.1, 0.15) is 0 Å². The summed E-state index contributed by atoms with van der Waals surface area (Å²) in [4.78, 5) is 1.47. The maximum atomic E-state index is 3.42. The van der Waals surface area contributed by atoms with Crippen molar-refractivity contribution in [3.8, 4) is 0 Å². The molecule has 1 aromatic heterocycles. The second-order valence-electron chi connectivity index (χ2n) is 3.98. The molecule has 90 valence electrons. The fraction of sp³-hybridized carbons (Fsp3) is 0.286. The number of aryl methyl sites for hydroxylation is 1. The number of hydrogen-bond donors (Lipinski definition) is 1. The van der Waals surface area contributed by atoms with Crippen LogP contribution in [0.1, 0.15) is 22.9 Å². The molecule has 0 aliphatic carbocycles. The third-order valence-electron chi connectivity index (χ3n) is 2.89.